The van der Waals surface area contributed by atoms with E-state index in [4.69, 9.17) is 9.47 Å². The topological polar surface area (TPSA) is 102 Å². The molecule has 0 radical (unpaired) electrons. The Balaban J connectivity index is 1.46. The molecule has 8 heteroatoms. The third-order valence-corrected chi connectivity index (χ3v) is 5.87. The Morgan fingerprint density at radius 2 is 1.94 bits per heavy atom. The minimum absolute atomic E-state index is 0.164. The van der Waals surface area contributed by atoms with Crippen molar-refractivity contribution >= 4 is 23.9 Å². The number of fused-ring (bicyclic) bond motifs is 1. The minimum atomic E-state index is -0.895. The summed E-state index contributed by atoms with van der Waals surface area (Å²) in [5, 5.41) is 9.50. The number of hydrogen-bond donors (Lipinski definition) is 0. The molecule has 1 fully saturated rings. The SMILES string of the molecule is Cc1cc(C=C(C#N)C(=O)OCN2C(=O)c3ccccc3C2=O)c(C)n1CC1CCCO1. The van der Waals surface area contributed by atoms with Crippen LogP contribution in [0.2, 0.25) is 0 Å². The van der Waals surface area contributed by atoms with Crippen LogP contribution < -0.4 is 0 Å². The van der Waals surface area contributed by atoms with Gasteiger partial charge in [0.15, 0.2) is 6.73 Å². The average molecular weight is 433 g/mol. The van der Waals surface area contributed by atoms with E-state index in [0.29, 0.717) is 0 Å². The van der Waals surface area contributed by atoms with Crippen molar-refractivity contribution in [2.24, 2.45) is 0 Å². The molecule has 0 N–H and O–H groups in total. The summed E-state index contributed by atoms with van der Waals surface area (Å²) in [6.45, 7) is 4.83. The second kappa shape index (κ2) is 8.81. The van der Waals surface area contributed by atoms with Crippen LogP contribution in [0.5, 0.6) is 0 Å². The van der Waals surface area contributed by atoms with Gasteiger partial charge >= 0.3 is 5.97 Å². The third-order valence-electron chi connectivity index (χ3n) is 5.87. The highest BCUT2D eigenvalue weighted by atomic mass is 16.5. The number of rotatable bonds is 6. The lowest BCUT2D eigenvalue weighted by Gasteiger charge is -2.15. The second-order valence-corrected chi connectivity index (χ2v) is 7.89. The fraction of sp³-hybridized carbons (Fsp3) is 0.333. The maximum Gasteiger partial charge on any atom is 0.350 e. The number of aryl methyl sites for hydroxylation is 1. The predicted molar refractivity (Wildman–Crippen MR) is 114 cm³/mol. The molecule has 2 aromatic rings. The highest BCUT2D eigenvalue weighted by Crippen LogP contribution is 2.24. The van der Waals surface area contributed by atoms with Gasteiger partial charge < -0.3 is 14.0 Å². The first-order valence-corrected chi connectivity index (χ1v) is 10.4. The molecule has 2 aliphatic heterocycles. The molecule has 8 nitrogen and oxygen atoms in total. The van der Waals surface area contributed by atoms with Gasteiger partial charge in [0.05, 0.1) is 17.2 Å². The Kier molecular flexibility index (Phi) is 5.93. The zero-order valence-corrected chi connectivity index (χ0v) is 18.0. The molecular formula is C24H23N3O5. The van der Waals surface area contributed by atoms with Gasteiger partial charge in [0.25, 0.3) is 11.8 Å². The molecule has 1 saturated heterocycles. The van der Waals surface area contributed by atoms with Crippen LogP contribution in [0.3, 0.4) is 0 Å². The van der Waals surface area contributed by atoms with Crippen molar-refractivity contribution in [1.82, 2.24) is 9.47 Å². The predicted octanol–water partition coefficient (Wildman–Crippen LogP) is 2.99. The lowest BCUT2D eigenvalue weighted by molar-refractivity contribution is -0.141. The molecule has 4 rings (SSSR count). The number of carbonyl (C=O) groups excluding carboxylic acids is 3. The van der Waals surface area contributed by atoms with Gasteiger partial charge in [-0.25, -0.2) is 9.69 Å². The van der Waals surface area contributed by atoms with Crippen molar-refractivity contribution in [3.63, 3.8) is 0 Å². The first kappa shape index (κ1) is 21.5. The second-order valence-electron chi connectivity index (χ2n) is 7.89. The van der Waals surface area contributed by atoms with Crippen molar-refractivity contribution in [1.29, 1.82) is 5.26 Å². The van der Waals surface area contributed by atoms with E-state index in [-0.39, 0.29) is 22.8 Å². The highest BCUT2D eigenvalue weighted by molar-refractivity contribution is 6.21. The van der Waals surface area contributed by atoms with E-state index in [0.717, 1.165) is 47.8 Å². The standard InChI is InChI=1S/C24H23N3O5/c1-15-10-17(16(2)26(15)13-19-6-5-9-31-19)11-18(12-25)24(30)32-14-27-22(28)20-7-3-4-8-21(20)23(27)29/h3-4,7-8,10-11,19H,5-6,9,13-14H2,1-2H3. The summed E-state index contributed by atoms with van der Waals surface area (Å²) in [6.07, 6.45) is 3.69. The molecular weight excluding hydrogens is 410 g/mol. The Morgan fingerprint density at radius 1 is 1.25 bits per heavy atom. The third kappa shape index (κ3) is 3.95. The lowest BCUT2D eigenvalue weighted by Crippen LogP contribution is -2.33. The van der Waals surface area contributed by atoms with Gasteiger partial charge in [-0.1, -0.05) is 12.1 Å². The number of esters is 1. The number of imide groups is 1. The summed E-state index contributed by atoms with van der Waals surface area (Å²) in [7, 11) is 0. The molecule has 1 atom stereocenters. The maximum atomic E-state index is 12.5. The van der Waals surface area contributed by atoms with Gasteiger partial charge in [-0.2, -0.15) is 5.26 Å². The summed E-state index contributed by atoms with van der Waals surface area (Å²) in [5.41, 5.74) is 2.97. The first-order chi connectivity index (χ1) is 15.4. The molecule has 2 aliphatic rings. The summed E-state index contributed by atoms with van der Waals surface area (Å²) in [4.78, 5) is 38.2. The number of aromatic nitrogens is 1. The Labute approximate surface area is 185 Å². The molecule has 0 bridgehead atoms. The van der Waals surface area contributed by atoms with Gasteiger partial charge in [0.2, 0.25) is 0 Å². The zero-order chi connectivity index (χ0) is 22.8. The number of carbonyl (C=O) groups is 3. The monoisotopic (exact) mass is 433 g/mol. The molecule has 1 aromatic heterocycles. The van der Waals surface area contributed by atoms with Crippen LogP contribution >= 0.6 is 0 Å². The van der Waals surface area contributed by atoms with Crippen LogP contribution in [0, 0.1) is 25.2 Å². The lowest BCUT2D eigenvalue weighted by atomic mass is 10.1. The van der Waals surface area contributed by atoms with Crippen molar-refractivity contribution in [2.45, 2.75) is 39.3 Å². The Hall–Kier alpha value is -3.70. The van der Waals surface area contributed by atoms with Gasteiger partial charge in [-0.15, -0.1) is 0 Å². The zero-order valence-electron chi connectivity index (χ0n) is 18.0. The van der Waals surface area contributed by atoms with Crippen LogP contribution in [-0.4, -0.2) is 46.7 Å². The molecule has 0 aliphatic carbocycles. The van der Waals surface area contributed by atoms with E-state index in [1.54, 1.807) is 24.3 Å². The van der Waals surface area contributed by atoms with Crippen molar-refractivity contribution in [2.75, 3.05) is 13.3 Å². The van der Waals surface area contributed by atoms with Crippen LogP contribution in [0.15, 0.2) is 35.9 Å². The Bertz CT molecular complexity index is 1130. The van der Waals surface area contributed by atoms with Gasteiger partial charge in [-0.05, 0) is 56.5 Å². The van der Waals surface area contributed by atoms with E-state index < -0.39 is 24.5 Å². The molecule has 1 unspecified atom stereocenters. The average Bonchev–Trinajstić information content (AvgIpc) is 3.46. The molecule has 3 heterocycles. The van der Waals surface area contributed by atoms with E-state index in [2.05, 4.69) is 4.57 Å². The number of nitriles is 1. The fourth-order valence-electron chi connectivity index (χ4n) is 4.10. The van der Waals surface area contributed by atoms with E-state index in [1.165, 1.54) is 6.08 Å². The summed E-state index contributed by atoms with van der Waals surface area (Å²) >= 11 is 0. The summed E-state index contributed by atoms with van der Waals surface area (Å²) < 4.78 is 13.0. The van der Waals surface area contributed by atoms with E-state index >= 15 is 0 Å². The molecule has 2 amide bonds. The van der Waals surface area contributed by atoms with Crippen LogP contribution in [0.25, 0.3) is 6.08 Å². The minimum Gasteiger partial charge on any atom is -0.440 e. The number of hydrogen-bond acceptors (Lipinski definition) is 6. The highest BCUT2D eigenvalue weighted by Gasteiger charge is 2.36. The maximum absolute atomic E-state index is 12.5. The molecule has 164 valence electrons. The number of benzene rings is 1. The van der Waals surface area contributed by atoms with Crippen molar-refractivity contribution < 1.29 is 23.9 Å². The van der Waals surface area contributed by atoms with Crippen LogP contribution in [-0.2, 0) is 20.8 Å². The molecule has 1 aromatic carbocycles. The van der Waals surface area contributed by atoms with Gasteiger partial charge in [-0.3, -0.25) is 9.59 Å². The first-order valence-electron chi connectivity index (χ1n) is 10.4. The van der Waals surface area contributed by atoms with E-state index in [1.807, 2.05) is 26.0 Å². The number of amides is 2. The summed E-state index contributed by atoms with van der Waals surface area (Å²) in [6, 6.07) is 10.2. The smallest absolute Gasteiger partial charge is 0.350 e. The number of ether oxygens (including phenoxy) is 2. The quantitative estimate of drug-likeness (QED) is 0.300. The van der Waals surface area contributed by atoms with Crippen LogP contribution in [0.1, 0.15) is 50.5 Å². The molecule has 0 saturated carbocycles. The van der Waals surface area contributed by atoms with Gasteiger partial charge in [0, 0.05) is 24.5 Å². The Morgan fingerprint density at radius 3 is 2.53 bits per heavy atom. The van der Waals surface area contributed by atoms with Crippen molar-refractivity contribution in [3.05, 3.63) is 64.0 Å². The normalized spacial score (nSPS) is 18.1. The largest absolute Gasteiger partial charge is 0.440 e. The molecule has 32 heavy (non-hydrogen) atoms. The van der Waals surface area contributed by atoms with E-state index in [9.17, 15) is 19.6 Å². The number of nitrogens with zero attached hydrogens (tertiary/aromatic N) is 3. The van der Waals surface area contributed by atoms with Crippen molar-refractivity contribution in [3.8, 4) is 6.07 Å². The van der Waals surface area contributed by atoms with Gasteiger partial charge in [0.1, 0.15) is 11.6 Å². The fourth-order valence-corrected chi connectivity index (χ4v) is 4.10. The van der Waals surface area contributed by atoms with Crippen LogP contribution in [0.4, 0.5) is 0 Å². The summed E-state index contributed by atoms with van der Waals surface area (Å²) in [5.74, 6) is -1.95. The molecule has 0 spiro atoms.